The summed E-state index contributed by atoms with van der Waals surface area (Å²) in [5, 5.41) is 20.0. The maximum Gasteiger partial charge on any atom is 0.313 e. The molecular formula is C9H11FN2O3. The fourth-order valence-corrected chi connectivity index (χ4v) is 1.25. The Bertz CT molecular complexity index is 395. The lowest BCUT2D eigenvalue weighted by Gasteiger charge is -2.11. The van der Waals surface area contributed by atoms with Crippen LogP contribution in [-0.2, 0) is 0 Å². The van der Waals surface area contributed by atoms with E-state index in [2.05, 4.69) is 0 Å². The predicted octanol–water partition coefficient (Wildman–Crippen LogP) is 1.85. The van der Waals surface area contributed by atoms with E-state index in [0.29, 0.717) is 12.5 Å². The normalized spacial score (nSPS) is 12.5. The highest BCUT2D eigenvalue weighted by atomic mass is 19.1. The number of nitro benzene ring substituents is 1. The SMILES string of the molecule is CC[C@@H](N)c1cc(F)cc([N+](=O)[O-])c1O. The maximum absolute atomic E-state index is 13.0. The number of hydrogen-bond donors (Lipinski definition) is 2. The second kappa shape index (κ2) is 4.22. The molecule has 5 nitrogen and oxygen atoms in total. The fraction of sp³-hybridized carbons (Fsp3) is 0.333. The van der Waals surface area contributed by atoms with Crippen LogP contribution in [0, 0.1) is 15.9 Å². The number of rotatable bonds is 3. The zero-order chi connectivity index (χ0) is 11.6. The minimum absolute atomic E-state index is 0.0594. The summed E-state index contributed by atoms with van der Waals surface area (Å²) in [6.07, 6.45) is 0.453. The molecule has 0 aliphatic rings. The van der Waals surface area contributed by atoms with Gasteiger partial charge in [0.2, 0.25) is 0 Å². The number of hydrogen-bond acceptors (Lipinski definition) is 4. The first-order valence-corrected chi connectivity index (χ1v) is 4.39. The van der Waals surface area contributed by atoms with Gasteiger partial charge < -0.3 is 10.8 Å². The van der Waals surface area contributed by atoms with Gasteiger partial charge >= 0.3 is 5.69 Å². The molecule has 0 radical (unpaired) electrons. The molecule has 0 aliphatic heterocycles. The molecular weight excluding hydrogens is 203 g/mol. The summed E-state index contributed by atoms with van der Waals surface area (Å²) in [4.78, 5) is 9.63. The van der Waals surface area contributed by atoms with Gasteiger partial charge in [0.1, 0.15) is 5.82 Å². The number of halogens is 1. The van der Waals surface area contributed by atoms with Gasteiger partial charge in [0.25, 0.3) is 0 Å². The molecule has 6 heteroatoms. The van der Waals surface area contributed by atoms with Gasteiger partial charge in [-0.3, -0.25) is 10.1 Å². The molecule has 0 bridgehead atoms. The molecule has 3 N–H and O–H groups in total. The van der Waals surface area contributed by atoms with E-state index in [9.17, 15) is 19.6 Å². The van der Waals surface area contributed by atoms with Crippen molar-refractivity contribution in [3.63, 3.8) is 0 Å². The summed E-state index contributed by atoms with van der Waals surface area (Å²) in [7, 11) is 0. The molecule has 0 saturated heterocycles. The Labute approximate surface area is 85.5 Å². The third-order valence-corrected chi connectivity index (χ3v) is 2.12. The Balaban J connectivity index is 3.34. The van der Waals surface area contributed by atoms with E-state index >= 15 is 0 Å². The van der Waals surface area contributed by atoms with Crippen LogP contribution >= 0.6 is 0 Å². The smallest absolute Gasteiger partial charge is 0.313 e. The number of phenolic OH excluding ortho intramolecular Hbond substituents is 1. The molecule has 0 amide bonds. The Hall–Kier alpha value is -1.69. The van der Waals surface area contributed by atoms with E-state index in [4.69, 9.17) is 5.73 Å². The second-order valence-corrected chi connectivity index (χ2v) is 3.13. The molecule has 0 aliphatic carbocycles. The first-order chi connectivity index (χ1) is 6.97. The summed E-state index contributed by atoms with van der Waals surface area (Å²) in [5.74, 6) is -1.34. The van der Waals surface area contributed by atoms with Crippen molar-refractivity contribution in [2.45, 2.75) is 19.4 Å². The predicted molar refractivity (Wildman–Crippen MR) is 51.9 cm³/mol. The van der Waals surface area contributed by atoms with Crippen LogP contribution in [-0.4, -0.2) is 10.0 Å². The van der Waals surface area contributed by atoms with Crippen molar-refractivity contribution in [3.8, 4) is 5.75 Å². The molecule has 0 aromatic heterocycles. The lowest BCUT2D eigenvalue weighted by Crippen LogP contribution is -2.10. The molecule has 0 fully saturated rings. The summed E-state index contributed by atoms with van der Waals surface area (Å²) in [6.45, 7) is 1.74. The molecule has 82 valence electrons. The molecule has 1 aromatic carbocycles. The van der Waals surface area contributed by atoms with Crippen LogP contribution in [0.5, 0.6) is 5.75 Å². The van der Waals surface area contributed by atoms with Crippen molar-refractivity contribution in [2.24, 2.45) is 5.73 Å². The lowest BCUT2D eigenvalue weighted by atomic mass is 10.0. The molecule has 0 unspecified atom stereocenters. The van der Waals surface area contributed by atoms with E-state index in [1.807, 2.05) is 0 Å². The van der Waals surface area contributed by atoms with E-state index in [1.54, 1.807) is 6.92 Å². The van der Waals surface area contributed by atoms with Gasteiger partial charge in [-0.05, 0) is 12.5 Å². The highest BCUT2D eigenvalue weighted by molar-refractivity contribution is 5.52. The molecule has 0 heterocycles. The largest absolute Gasteiger partial charge is 0.502 e. The van der Waals surface area contributed by atoms with Crippen molar-refractivity contribution in [2.75, 3.05) is 0 Å². The zero-order valence-electron chi connectivity index (χ0n) is 8.11. The van der Waals surface area contributed by atoms with Gasteiger partial charge in [0, 0.05) is 11.6 Å². The molecule has 1 rings (SSSR count). The quantitative estimate of drug-likeness (QED) is 0.593. The first-order valence-electron chi connectivity index (χ1n) is 4.39. The number of phenols is 1. The van der Waals surface area contributed by atoms with Gasteiger partial charge in [0.15, 0.2) is 5.75 Å². The fourth-order valence-electron chi connectivity index (χ4n) is 1.25. The number of aromatic hydroxyl groups is 1. The van der Waals surface area contributed by atoms with Crippen molar-refractivity contribution < 1.29 is 14.4 Å². The molecule has 15 heavy (non-hydrogen) atoms. The zero-order valence-corrected chi connectivity index (χ0v) is 8.11. The number of nitro groups is 1. The molecule has 1 aromatic rings. The van der Waals surface area contributed by atoms with Gasteiger partial charge in [-0.2, -0.15) is 0 Å². The summed E-state index contributed by atoms with van der Waals surface area (Å²) in [5.41, 5.74) is 4.98. The average Bonchev–Trinajstić information content (AvgIpc) is 2.19. The Kier molecular flexibility index (Phi) is 3.21. The van der Waals surface area contributed by atoms with Crippen molar-refractivity contribution >= 4 is 5.69 Å². The van der Waals surface area contributed by atoms with Crippen LogP contribution in [0.2, 0.25) is 0 Å². The highest BCUT2D eigenvalue weighted by Gasteiger charge is 2.21. The first kappa shape index (κ1) is 11.4. The van der Waals surface area contributed by atoms with Crippen LogP contribution in [0.4, 0.5) is 10.1 Å². The third kappa shape index (κ3) is 2.21. The van der Waals surface area contributed by atoms with E-state index in [0.717, 1.165) is 6.07 Å². The van der Waals surface area contributed by atoms with Crippen LogP contribution in [0.15, 0.2) is 12.1 Å². The molecule has 0 spiro atoms. The van der Waals surface area contributed by atoms with Crippen LogP contribution in [0.25, 0.3) is 0 Å². The summed E-state index contributed by atoms with van der Waals surface area (Å²) in [6, 6.07) is 1.07. The second-order valence-electron chi connectivity index (χ2n) is 3.13. The Morgan fingerprint density at radius 1 is 1.67 bits per heavy atom. The van der Waals surface area contributed by atoms with Gasteiger partial charge in [0.05, 0.1) is 11.0 Å². The third-order valence-electron chi connectivity index (χ3n) is 2.12. The van der Waals surface area contributed by atoms with Gasteiger partial charge in [-0.25, -0.2) is 4.39 Å². The minimum atomic E-state index is -0.843. The summed E-state index contributed by atoms with van der Waals surface area (Å²) >= 11 is 0. The van der Waals surface area contributed by atoms with Gasteiger partial charge in [-0.15, -0.1) is 0 Å². The Morgan fingerprint density at radius 2 is 2.27 bits per heavy atom. The monoisotopic (exact) mass is 214 g/mol. The van der Waals surface area contributed by atoms with Crippen molar-refractivity contribution in [3.05, 3.63) is 33.6 Å². The van der Waals surface area contributed by atoms with E-state index < -0.39 is 28.2 Å². The van der Waals surface area contributed by atoms with Gasteiger partial charge in [-0.1, -0.05) is 6.92 Å². The molecule has 0 saturated carbocycles. The number of nitrogens with two attached hydrogens (primary N) is 1. The number of nitrogens with zero attached hydrogens (tertiary/aromatic N) is 1. The maximum atomic E-state index is 13.0. The minimum Gasteiger partial charge on any atom is -0.502 e. The summed E-state index contributed by atoms with van der Waals surface area (Å²) < 4.78 is 13.0. The average molecular weight is 214 g/mol. The topological polar surface area (TPSA) is 89.4 Å². The molecule has 1 atom stereocenters. The van der Waals surface area contributed by atoms with Crippen LogP contribution in [0.3, 0.4) is 0 Å². The van der Waals surface area contributed by atoms with Crippen molar-refractivity contribution in [1.29, 1.82) is 0 Å². The van der Waals surface area contributed by atoms with Crippen LogP contribution in [0.1, 0.15) is 24.9 Å². The lowest BCUT2D eigenvalue weighted by molar-refractivity contribution is -0.386. The van der Waals surface area contributed by atoms with E-state index in [1.165, 1.54) is 0 Å². The van der Waals surface area contributed by atoms with E-state index in [-0.39, 0.29) is 5.56 Å². The van der Waals surface area contributed by atoms with Crippen LogP contribution < -0.4 is 5.73 Å². The number of benzene rings is 1. The standard InChI is InChI=1S/C9H11FN2O3/c1-2-7(11)6-3-5(10)4-8(9(6)13)12(14)15/h3-4,7,13H,2,11H2,1H3/t7-/m1/s1. The van der Waals surface area contributed by atoms with Crippen molar-refractivity contribution in [1.82, 2.24) is 0 Å². The Morgan fingerprint density at radius 3 is 2.73 bits per heavy atom. The highest BCUT2D eigenvalue weighted by Crippen LogP contribution is 2.34.